The van der Waals surface area contributed by atoms with Gasteiger partial charge in [-0.3, -0.25) is 0 Å². The van der Waals surface area contributed by atoms with Crippen LogP contribution in [0, 0.1) is 0 Å². The molecule has 17 heavy (non-hydrogen) atoms. The molecule has 1 unspecified atom stereocenters. The highest BCUT2D eigenvalue weighted by atomic mass is 16.8. The predicted octanol–water partition coefficient (Wildman–Crippen LogP) is 1.34. The minimum Gasteiger partial charge on any atom is -0.374 e. The molecule has 0 bridgehead atoms. The molecule has 4 atom stereocenters. The van der Waals surface area contributed by atoms with Crippen LogP contribution in [0.5, 0.6) is 0 Å². The molecule has 2 heterocycles. The Hall–Kier alpha value is -0.940. The van der Waals surface area contributed by atoms with Gasteiger partial charge in [0.05, 0.1) is 13.2 Å². The lowest BCUT2D eigenvalue weighted by molar-refractivity contribution is -0.171. The van der Waals surface area contributed by atoms with Gasteiger partial charge >= 0.3 is 0 Å². The average Bonchev–Trinajstić information content (AvgIpc) is 3.09. The van der Waals surface area contributed by atoms with Gasteiger partial charge in [-0.25, -0.2) is 0 Å². The molecule has 2 saturated heterocycles. The predicted molar refractivity (Wildman–Crippen MR) is 60.4 cm³/mol. The molecule has 0 saturated carbocycles. The Balaban J connectivity index is 1.44. The van der Waals surface area contributed by atoms with Crippen LogP contribution < -0.4 is 0 Å². The average molecular weight is 236 g/mol. The van der Waals surface area contributed by atoms with Crippen molar-refractivity contribution in [2.45, 2.75) is 31.2 Å². The number of fused-ring (bicyclic) bond motifs is 1. The molecule has 1 aromatic carbocycles. The highest BCUT2D eigenvalue weighted by Gasteiger charge is 2.58. The highest BCUT2D eigenvalue weighted by molar-refractivity contribution is 5.13. The number of ether oxygens (including phenoxy) is 4. The summed E-state index contributed by atoms with van der Waals surface area (Å²) in [6, 6.07) is 10.1. The first kappa shape index (κ1) is 11.2. The zero-order valence-electron chi connectivity index (χ0n) is 9.74. The number of benzene rings is 1. The van der Waals surface area contributed by atoms with Gasteiger partial charge in [0.2, 0.25) is 0 Å². The van der Waals surface area contributed by atoms with Crippen molar-refractivity contribution < 1.29 is 18.9 Å². The van der Waals surface area contributed by atoms with Gasteiger partial charge in [-0.1, -0.05) is 30.3 Å². The zero-order valence-corrected chi connectivity index (χ0v) is 9.74. The Kier molecular flexibility index (Phi) is 3.11. The summed E-state index contributed by atoms with van der Waals surface area (Å²) in [7, 11) is 1.64. The summed E-state index contributed by atoms with van der Waals surface area (Å²) in [5.74, 6) is 0. The Labute approximate surface area is 100 Å². The van der Waals surface area contributed by atoms with E-state index in [4.69, 9.17) is 18.9 Å². The Morgan fingerprint density at radius 3 is 2.65 bits per heavy atom. The van der Waals surface area contributed by atoms with Crippen molar-refractivity contribution in [2.75, 3.05) is 13.7 Å². The molecule has 0 aromatic heterocycles. The van der Waals surface area contributed by atoms with E-state index in [-0.39, 0.29) is 24.6 Å². The van der Waals surface area contributed by atoms with Crippen LogP contribution in [-0.4, -0.2) is 38.3 Å². The van der Waals surface area contributed by atoms with Crippen LogP contribution in [0.1, 0.15) is 5.56 Å². The third-order valence-corrected chi connectivity index (χ3v) is 3.13. The molecule has 0 aliphatic carbocycles. The molecule has 3 rings (SSSR count). The molecule has 2 aliphatic heterocycles. The fourth-order valence-corrected chi connectivity index (χ4v) is 2.17. The second kappa shape index (κ2) is 4.74. The lowest BCUT2D eigenvalue weighted by Crippen LogP contribution is -2.25. The fourth-order valence-electron chi connectivity index (χ4n) is 2.17. The molecular weight excluding hydrogens is 220 g/mol. The molecule has 4 nitrogen and oxygen atoms in total. The minimum atomic E-state index is -0.217. The third-order valence-electron chi connectivity index (χ3n) is 3.13. The quantitative estimate of drug-likeness (QED) is 0.723. The Bertz CT molecular complexity index is 367. The van der Waals surface area contributed by atoms with Crippen molar-refractivity contribution in [1.29, 1.82) is 0 Å². The van der Waals surface area contributed by atoms with Gasteiger partial charge in [-0.15, -0.1) is 0 Å². The first-order valence-electron chi connectivity index (χ1n) is 5.84. The maximum Gasteiger partial charge on any atom is 0.186 e. The maximum absolute atomic E-state index is 5.64. The summed E-state index contributed by atoms with van der Waals surface area (Å²) >= 11 is 0. The topological polar surface area (TPSA) is 40.2 Å². The molecular formula is C13H16O4. The van der Waals surface area contributed by atoms with E-state index in [0.29, 0.717) is 13.2 Å². The number of hydrogen-bond acceptors (Lipinski definition) is 4. The van der Waals surface area contributed by atoms with E-state index < -0.39 is 0 Å². The van der Waals surface area contributed by atoms with Crippen molar-refractivity contribution in [3.05, 3.63) is 35.9 Å². The molecule has 0 amide bonds. The van der Waals surface area contributed by atoms with Gasteiger partial charge in [0.25, 0.3) is 0 Å². The molecule has 4 heteroatoms. The third kappa shape index (κ3) is 2.35. The van der Waals surface area contributed by atoms with Crippen LogP contribution in [-0.2, 0) is 25.6 Å². The standard InChI is InChI=1S/C13H16O4/c1-14-13-12-11(17-12)10(16-13)8-15-7-9-5-3-2-4-6-9/h2-6,10-13H,7-8H2,1H3/t10-,11?,12+,13+/m1/s1. The molecule has 92 valence electrons. The first-order valence-corrected chi connectivity index (χ1v) is 5.84. The molecule has 0 N–H and O–H groups in total. The second-order valence-electron chi connectivity index (χ2n) is 4.34. The summed E-state index contributed by atoms with van der Waals surface area (Å²) in [5, 5.41) is 0. The Morgan fingerprint density at radius 1 is 1.12 bits per heavy atom. The lowest BCUT2D eigenvalue weighted by Gasteiger charge is -2.16. The Morgan fingerprint density at radius 2 is 1.94 bits per heavy atom. The molecule has 0 spiro atoms. The fraction of sp³-hybridized carbons (Fsp3) is 0.538. The van der Waals surface area contributed by atoms with Crippen LogP contribution in [0.3, 0.4) is 0 Å². The van der Waals surface area contributed by atoms with Gasteiger partial charge in [-0.2, -0.15) is 0 Å². The zero-order chi connectivity index (χ0) is 11.7. The van der Waals surface area contributed by atoms with E-state index in [0.717, 1.165) is 0 Å². The minimum absolute atomic E-state index is 0.00802. The van der Waals surface area contributed by atoms with Crippen LogP contribution in [0.15, 0.2) is 30.3 Å². The van der Waals surface area contributed by atoms with Gasteiger partial charge in [-0.05, 0) is 5.56 Å². The SMILES string of the molecule is CO[C@H]1O[C@H](COCc2ccccc2)C2O[C@@H]21. The van der Waals surface area contributed by atoms with Crippen molar-refractivity contribution in [3.63, 3.8) is 0 Å². The second-order valence-corrected chi connectivity index (χ2v) is 4.34. The summed E-state index contributed by atoms with van der Waals surface area (Å²) in [6.07, 6.45) is 0.0695. The van der Waals surface area contributed by atoms with E-state index in [1.165, 1.54) is 5.56 Å². The molecule has 0 radical (unpaired) electrons. The van der Waals surface area contributed by atoms with Crippen LogP contribution in [0.25, 0.3) is 0 Å². The highest BCUT2D eigenvalue weighted by Crippen LogP contribution is 2.39. The summed E-state index contributed by atoms with van der Waals surface area (Å²) in [5.41, 5.74) is 1.17. The van der Waals surface area contributed by atoms with Gasteiger partial charge in [0, 0.05) is 7.11 Å². The molecule has 1 aromatic rings. The van der Waals surface area contributed by atoms with Crippen molar-refractivity contribution in [2.24, 2.45) is 0 Å². The van der Waals surface area contributed by atoms with E-state index in [1.807, 2.05) is 30.3 Å². The van der Waals surface area contributed by atoms with Gasteiger partial charge in [0.15, 0.2) is 6.29 Å². The van der Waals surface area contributed by atoms with Crippen molar-refractivity contribution in [3.8, 4) is 0 Å². The summed E-state index contributed by atoms with van der Waals surface area (Å²) in [4.78, 5) is 0. The summed E-state index contributed by atoms with van der Waals surface area (Å²) < 4.78 is 21.9. The number of epoxide rings is 1. The monoisotopic (exact) mass is 236 g/mol. The number of rotatable bonds is 5. The maximum atomic E-state index is 5.64. The molecule has 2 aliphatic rings. The first-order chi connectivity index (χ1) is 8.38. The largest absolute Gasteiger partial charge is 0.374 e. The van der Waals surface area contributed by atoms with E-state index in [9.17, 15) is 0 Å². The van der Waals surface area contributed by atoms with Crippen LogP contribution in [0.4, 0.5) is 0 Å². The molecule has 2 fully saturated rings. The van der Waals surface area contributed by atoms with Crippen LogP contribution >= 0.6 is 0 Å². The lowest BCUT2D eigenvalue weighted by atomic mass is 10.2. The number of methoxy groups -OCH3 is 1. The van der Waals surface area contributed by atoms with Gasteiger partial charge < -0.3 is 18.9 Å². The summed E-state index contributed by atoms with van der Waals surface area (Å²) in [6.45, 7) is 1.16. The van der Waals surface area contributed by atoms with E-state index >= 15 is 0 Å². The normalized spacial score (nSPS) is 34.6. The van der Waals surface area contributed by atoms with Crippen molar-refractivity contribution in [1.82, 2.24) is 0 Å². The van der Waals surface area contributed by atoms with Crippen LogP contribution in [0.2, 0.25) is 0 Å². The van der Waals surface area contributed by atoms with Gasteiger partial charge in [0.1, 0.15) is 18.3 Å². The van der Waals surface area contributed by atoms with E-state index in [1.54, 1.807) is 7.11 Å². The van der Waals surface area contributed by atoms with E-state index in [2.05, 4.69) is 0 Å². The number of hydrogen-bond donors (Lipinski definition) is 0. The van der Waals surface area contributed by atoms with Crippen molar-refractivity contribution >= 4 is 0 Å². The smallest absolute Gasteiger partial charge is 0.186 e.